The predicted molar refractivity (Wildman–Crippen MR) is 168 cm³/mol. The van der Waals surface area contributed by atoms with Crippen molar-refractivity contribution in [3.05, 3.63) is 102 Å². The smallest absolute Gasteiger partial charge is 0.377 e. The van der Waals surface area contributed by atoms with Gasteiger partial charge in [0.25, 0.3) is 0 Å². The standard InChI is InChI=1S/C31H23F6N3S.H2S/c1-40(2)26-14-12-19-8-4-6-10-24(19)28(26)27-23-9-5-3-7-18(23)11-13-25(27)39-29(41)38-22-16-20(30(32,33)34)15-21(17-22)31(35,36)37;/h3-17H,1-2H3,(H2,38,39,41);1H2. The van der Waals surface area contributed by atoms with Crippen molar-refractivity contribution in [2.75, 3.05) is 29.6 Å². The number of hydrogen-bond donors (Lipinski definition) is 2. The fourth-order valence-corrected chi connectivity index (χ4v) is 5.08. The lowest BCUT2D eigenvalue weighted by Gasteiger charge is -2.24. The highest BCUT2D eigenvalue weighted by Gasteiger charge is 2.37. The molecule has 0 spiro atoms. The van der Waals surface area contributed by atoms with E-state index in [9.17, 15) is 26.3 Å². The summed E-state index contributed by atoms with van der Waals surface area (Å²) < 4.78 is 80.4. The third-order valence-electron chi connectivity index (χ3n) is 6.66. The van der Waals surface area contributed by atoms with E-state index in [-0.39, 0.29) is 24.7 Å². The van der Waals surface area contributed by atoms with Gasteiger partial charge in [0.1, 0.15) is 0 Å². The van der Waals surface area contributed by atoms with E-state index in [2.05, 4.69) is 10.6 Å². The van der Waals surface area contributed by atoms with Gasteiger partial charge in [0.15, 0.2) is 5.11 Å². The summed E-state index contributed by atoms with van der Waals surface area (Å²) in [4.78, 5) is 1.98. The minimum atomic E-state index is -4.98. The van der Waals surface area contributed by atoms with E-state index in [1.807, 2.05) is 85.7 Å². The molecule has 0 saturated heterocycles. The number of benzene rings is 5. The molecule has 0 unspecified atom stereocenters. The van der Waals surface area contributed by atoms with Crippen molar-refractivity contribution in [1.82, 2.24) is 0 Å². The van der Waals surface area contributed by atoms with E-state index < -0.39 is 29.2 Å². The summed E-state index contributed by atoms with van der Waals surface area (Å²) in [5.74, 6) is 0. The van der Waals surface area contributed by atoms with Gasteiger partial charge in [-0.15, -0.1) is 0 Å². The summed E-state index contributed by atoms with van der Waals surface area (Å²) in [5, 5.41) is 9.19. The van der Waals surface area contributed by atoms with Crippen molar-refractivity contribution in [1.29, 1.82) is 0 Å². The summed E-state index contributed by atoms with van der Waals surface area (Å²) in [6, 6.07) is 24.5. The van der Waals surface area contributed by atoms with Gasteiger partial charge < -0.3 is 15.5 Å². The second-order valence-corrected chi connectivity index (χ2v) is 10.1. The Hall–Kier alpha value is -3.96. The Kier molecular flexibility index (Phi) is 8.65. The average molecular weight is 618 g/mol. The molecular weight excluding hydrogens is 592 g/mol. The summed E-state index contributed by atoms with van der Waals surface area (Å²) in [6.07, 6.45) is -9.95. The number of anilines is 3. The number of nitrogens with one attached hydrogen (secondary N) is 2. The van der Waals surface area contributed by atoms with E-state index in [0.29, 0.717) is 17.8 Å². The first-order valence-corrected chi connectivity index (χ1v) is 12.8. The van der Waals surface area contributed by atoms with Crippen LogP contribution < -0.4 is 15.5 Å². The highest BCUT2D eigenvalue weighted by Crippen LogP contribution is 2.44. The molecule has 0 amide bonds. The van der Waals surface area contributed by atoms with Gasteiger partial charge in [-0.05, 0) is 64.1 Å². The van der Waals surface area contributed by atoms with Crippen molar-refractivity contribution < 1.29 is 26.3 Å². The molecule has 5 aromatic rings. The molecule has 2 N–H and O–H groups in total. The first-order valence-electron chi connectivity index (χ1n) is 12.4. The van der Waals surface area contributed by atoms with Gasteiger partial charge >= 0.3 is 12.4 Å². The second kappa shape index (κ2) is 11.7. The zero-order valence-electron chi connectivity index (χ0n) is 22.3. The Bertz CT molecular complexity index is 1750. The van der Waals surface area contributed by atoms with Gasteiger partial charge in [0, 0.05) is 42.3 Å². The summed E-state index contributed by atoms with van der Waals surface area (Å²) in [6.45, 7) is 0. The van der Waals surface area contributed by atoms with E-state index >= 15 is 0 Å². The minimum absolute atomic E-state index is 0. The van der Waals surface area contributed by atoms with E-state index in [0.717, 1.165) is 38.4 Å². The maximum Gasteiger partial charge on any atom is 0.416 e. The largest absolute Gasteiger partial charge is 0.416 e. The van der Waals surface area contributed by atoms with Gasteiger partial charge in [-0.25, -0.2) is 0 Å². The Labute approximate surface area is 250 Å². The Morgan fingerprint density at radius 3 is 1.67 bits per heavy atom. The van der Waals surface area contributed by atoms with Crippen molar-refractivity contribution in [2.24, 2.45) is 0 Å². The van der Waals surface area contributed by atoms with Crippen LogP contribution in [0.25, 0.3) is 32.7 Å². The van der Waals surface area contributed by atoms with Crippen LogP contribution in [0.1, 0.15) is 11.1 Å². The number of fused-ring (bicyclic) bond motifs is 2. The molecule has 0 radical (unpaired) electrons. The van der Waals surface area contributed by atoms with Crippen LogP contribution in [0.2, 0.25) is 0 Å². The van der Waals surface area contributed by atoms with Crippen molar-refractivity contribution in [2.45, 2.75) is 12.4 Å². The summed E-state index contributed by atoms with van der Waals surface area (Å²) >= 11 is 5.41. The molecular formula is C31H25F6N3S2. The van der Waals surface area contributed by atoms with Crippen LogP contribution >= 0.6 is 25.7 Å². The molecule has 0 bridgehead atoms. The molecule has 0 fully saturated rings. The lowest BCUT2D eigenvalue weighted by Crippen LogP contribution is -2.21. The molecule has 0 aromatic heterocycles. The molecule has 0 saturated carbocycles. The van der Waals surface area contributed by atoms with Gasteiger partial charge in [0.2, 0.25) is 0 Å². The van der Waals surface area contributed by atoms with Crippen LogP contribution in [-0.4, -0.2) is 19.2 Å². The monoisotopic (exact) mass is 617 g/mol. The van der Waals surface area contributed by atoms with Crippen LogP contribution in [0.5, 0.6) is 0 Å². The van der Waals surface area contributed by atoms with Crippen LogP contribution in [0.15, 0.2) is 91.0 Å². The van der Waals surface area contributed by atoms with Crippen LogP contribution in [0, 0.1) is 0 Å². The van der Waals surface area contributed by atoms with E-state index in [1.54, 1.807) is 6.07 Å². The van der Waals surface area contributed by atoms with Crippen molar-refractivity contribution >= 4 is 69.4 Å². The topological polar surface area (TPSA) is 27.3 Å². The number of alkyl halides is 6. The molecule has 5 aromatic carbocycles. The van der Waals surface area contributed by atoms with Gasteiger partial charge in [-0.1, -0.05) is 60.7 Å². The van der Waals surface area contributed by atoms with Crippen molar-refractivity contribution in [3.63, 3.8) is 0 Å². The molecule has 0 aliphatic heterocycles. The molecule has 3 nitrogen and oxygen atoms in total. The predicted octanol–water partition coefficient (Wildman–Crippen LogP) is 9.69. The van der Waals surface area contributed by atoms with E-state index in [4.69, 9.17) is 12.2 Å². The van der Waals surface area contributed by atoms with Crippen LogP contribution in [-0.2, 0) is 12.4 Å². The number of halogens is 6. The van der Waals surface area contributed by atoms with Gasteiger partial charge in [-0.2, -0.15) is 39.8 Å². The number of hydrogen-bond acceptors (Lipinski definition) is 2. The molecule has 5 rings (SSSR count). The fraction of sp³-hybridized carbons (Fsp3) is 0.129. The van der Waals surface area contributed by atoms with Crippen LogP contribution in [0.4, 0.5) is 43.4 Å². The first-order chi connectivity index (χ1) is 19.3. The molecule has 218 valence electrons. The van der Waals surface area contributed by atoms with Gasteiger partial charge in [-0.3, -0.25) is 0 Å². The van der Waals surface area contributed by atoms with Gasteiger partial charge in [0.05, 0.1) is 11.1 Å². The molecule has 0 heterocycles. The molecule has 0 aliphatic carbocycles. The molecule has 42 heavy (non-hydrogen) atoms. The Morgan fingerprint density at radius 2 is 1.14 bits per heavy atom. The number of nitrogens with zero attached hydrogens (tertiary/aromatic N) is 1. The summed E-state index contributed by atoms with van der Waals surface area (Å²) in [7, 11) is 3.84. The third-order valence-corrected chi connectivity index (χ3v) is 6.87. The normalized spacial score (nSPS) is 11.7. The molecule has 0 atom stereocenters. The average Bonchev–Trinajstić information content (AvgIpc) is 2.91. The number of rotatable bonds is 4. The Balaban J connectivity index is 0.00000405. The lowest BCUT2D eigenvalue weighted by atomic mass is 9.90. The van der Waals surface area contributed by atoms with E-state index in [1.165, 1.54) is 0 Å². The quantitative estimate of drug-likeness (QED) is 0.155. The third kappa shape index (κ3) is 6.27. The summed E-state index contributed by atoms with van der Waals surface area (Å²) in [5.41, 5.74) is -0.184. The van der Waals surface area contributed by atoms with Crippen molar-refractivity contribution in [3.8, 4) is 11.1 Å². The minimum Gasteiger partial charge on any atom is -0.377 e. The highest BCUT2D eigenvalue weighted by atomic mass is 32.1. The SMILES string of the molecule is CN(C)c1ccc2ccccc2c1-c1c(NC(=S)Nc2cc(C(F)(F)F)cc(C(F)(F)F)c2)ccc2ccccc12.S. The zero-order valence-corrected chi connectivity index (χ0v) is 24.1. The maximum atomic E-state index is 13.4. The molecule has 0 aliphatic rings. The maximum absolute atomic E-state index is 13.4. The molecule has 11 heteroatoms. The first kappa shape index (κ1) is 31.0. The highest BCUT2D eigenvalue weighted by molar-refractivity contribution is 7.80. The lowest BCUT2D eigenvalue weighted by molar-refractivity contribution is -0.143. The fourth-order valence-electron chi connectivity index (χ4n) is 4.85. The zero-order chi connectivity index (χ0) is 29.5. The Morgan fingerprint density at radius 1 is 0.643 bits per heavy atom. The van der Waals surface area contributed by atoms with Crippen LogP contribution in [0.3, 0.4) is 0 Å². The second-order valence-electron chi connectivity index (χ2n) is 9.66. The number of thiocarbonyl (C=S) groups is 1.